The molecule has 2 unspecified atom stereocenters. The predicted octanol–water partition coefficient (Wildman–Crippen LogP) is 4.65. The van der Waals surface area contributed by atoms with E-state index in [0.29, 0.717) is 6.42 Å². The smallest absolute Gasteiger partial charge is 0.303 e. The average molecular weight is 406 g/mol. The molecule has 0 amide bonds. The second kappa shape index (κ2) is 11.2. The molecular weight excluding hydrogens is 374 g/mol. The largest absolute Gasteiger partial charge is 0.481 e. The van der Waals surface area contributed by atoms with Crippen LogP contribution in [0.3, 0.4) is 0 Å². The minimum atomic E-state index is -3.49. The quantitative estimate of drug-likeness (QED) is 0.438. The number of carbonyl (C=O) groups is 1. The molecule has 0 heterocycles. The predicted molar refractivity (Wildman–Crippen MR) is 113 cm³/mol. The molecule has 0 radical (unpaired) electrons. The molecule has 1 aliphatic carbocycles. The lowest BCUT2D eigenvalue weighted by Gasteiger charge is -2.31. The van der Waals surface area contributed by atoms with Crippen LogP contribution in [-0.4, -0.2) is 25.5 Å². The second-order valence-corrected chi connectivity index (χ2v) is 9.12. The number of rotatable bonds is 10. The Hall–Kier alpha value is -1.92. The zero-order valence-corrected chi connectivity index (χ0v) is 17.3. The highest BCUT2D eigenvalue weighted by Crippen LogP contribution is 2.28. The normalized spacial score (nSPS) is 20.8. The van der Waals surface area contributed by atoms with E-state index in [2.05, 4.69) is 10.8 Å². The van der Waals surface area contributed by atoms with Crippen LogP contribution in [0.25, 0.3) is 6.08 Å². The highest BCUT2D eigenvalue weighted by Gasteiger charge is 2.27. The summed E-state index contributed by atoms with van der Waals surface area (Å²) < 4.78 is 27.9. The number of benzene rings is 1. The summed E-state index contributed by atoms with van der Waals surface area (Å²) in [7, 11) is -3.49. The van der Waals surface area contributed by atoms with Crippen LogP contribution >= 0.6 is 0 Å². The number of nitrogens with one attached hydrogen (secondary N) is 1. The van der Waals surface area contributed by atoms with Crippen LogP contribution in [0.2, 0.25) is 0 Å². The molecule has 1 fully saturated rings. The van der Waals surface area contributed by atoms with Crippen LogP contribution in [0.4, 0.5) is 0 Å². The van der Waals surface area contributed by atoms with Gasteiger partial charge in [-0.15, -0.1) is 0 Å². The standard InChI is InChI=1S/C22H31NO4S/c1-18-12-14-19(15-13-18)16-17-28(26,27)23-21-10-7-6-9-20(21)8-4-2-3-5-11-22(24)25/h2,4,12-17,20-21,23H,3,5-11H2,1H3,(H,24,25)/b4-2+,17-16+. The Bertz CT molecular complexity index is 781. The Kier molecular flexibility index (Phi) is 8.93. The topological polar surface area (TPSA) is 83.5 Å². The fraction of sp³-hybridized carbons (Fsp3) is 0.500. The summed E-state index contributed by atoms with van der Waals surface area (Å²) in [6.07, 6.45) is 12.1. The summed E-state index contributed by atoms with van der Waals surface area (Å²) in [6.45, 7) is 2.00. The Morgan fingerprint density at radius 2 is 1.89 bits per heavy atom. The zero-order chi connectivity index (χ0) is 20.4. The average Bonchev–Trinajstić information content (AvgIpc) is 2.65. The molecule has 1 aliphatic rings. The first-order valence-electron chi connectivity index (χ1n) is 9.99. The summed E-state index contributed by atoms with van der Waals surface area (Å²) in [6, 6.07) is 7.67. The molecule has 1 saturated carbocycles. The van der Waals surface area contributed by atoms with E-state index in [9.17, 15) is 13.2 Å². The molecule has 2 N–H and O–H groups in total. The molecule has 0 aromatic heterocycles. The van der Waals surface area contributed by atoms with Gasteiger partial charge in [0.1, 0.15) is 0 Å². The fourth-order valence-electron chi connectivity index (χ4n) is 3.50. The molecule has 154 valence electrons. The molecule has 5 nitrogen and oxygen atoms in total. The first kappa shape index (κ1) is 22.4. The van der Waals surface area contributed by atoms with Gasteiger partial charge in [-0.3, -0.25) is 4.79 Å². The summed E-state index contributed by atoms with van der Waals surface area (Å²) in [4.78, 5) is 10.5. The summed E-state index contributed by atoms with van der Waals surface area (Å²) in [5.41, 5.74) is 2.00. The van der Waals surface area contributed by atoms with Crippen molar-refractivity contribution in [3.8, 4) is 0 Å². The van der Waals surface area contributed by atoms with Gasteiger partial charge in [0.2, 0.25) is 10.0 Å². The van der Waals surface area contributed by atoms with Crippen molar-refractivity contribution in [3.05, 3.63) is 53.0 Å². The zero-order valence-electron chi connectivity index (χ0n) is 16.5. The third-order valence-electron chi connectivity index (χ3n) is 5.11. The summed E-state index contributed by atoms with van der Waals surface area (Å²) in [5, 5.41) is 9.91. The lowest BCUT2D eigenvalue weighted by molar-refractivity contribution is -0.137. The van der Waals surface area contributed by atoms with Gasteiger partial charge in [0, 0.05) is 17.9 Å². The molecule has 0 aliphatic heterocycles. The van der Waals surface area contributed by atoms with Crippen molar-refractivity contribution in [2.75, 3.05) is 0 Å². The van der Waals surface area contributed by atoms with Crippen molar-refractivity contribution in [1.29, 1.82) is 0 Å². The van der Waals surface area contributed by atoms with E-state index in [1.807, 2.05) is 37.3 Å². The van der Waals surface area contributed by atoms with Gasteiger partial charge in [0.05, 0.1) is 0 Å². The van der Waals surface area contributed by atoms with Crippen molar-refractivity contribution in [3.63, 3.8) is 0 Å². The number of aliphatic carboxylic acids is 1. The number of aryl methyl sites for hydroxylation is 1. The van der Waals surface area contributed by atoms with Crippen LogP contribution in [0, 0.1) is 12.8 Å². The number of carboxylic acid groups (broad SMARTS) is 1. The van der Waals surface area contributed by atoms with Gasteiger partial charge in [-0.25, -0.2) is 13.1 Å². The van der Waals surface area contributed by atoms with Gasteiger partial charge in [-0.1, -0.05) is 54.8 Å². The van der Waals surface area contributed by atoms with Crippen molar-refractivity contribution < 1.29 is 18.3 Å². The monoisotopic (exact) mass is 405 g/mol. The number of hydrogen-bond acceptors (Lipinski definition) is 3. The summed E-state index contributed by atoms with van der Waals surface area (Å²) >= 11 is 0. The molecule has 1 aromatic rings. The van der Waals surface area contributed by atoms with E-state index >= 15 is 0 Å². The summed E-state index contributed by atoms with van der Waals surface area (Å²) in [5.74, 6) is -0.485. The van der Waals surface area contributed by atoms with Gasteiger partial charge >= 0.3 is 5.97 Å². The Morgan fingerprint density at radius 3 is 2.61 bits per heavy atom. The molecule has 1 aromatic carbocycles. The minimum Gasteiger partial charge on any atom is -0.481 e. The van der Waals surface area contributed by atoms with Gasteiger partial charge < -0.3 is 5.11 Å². The SMILES string of the molecule is Cc1ccc(/C=C/S(=O)(=O)NC2CCCCC2C/C=C/CCCC(=O)O)cc1. The maximum Gasteiger partial charge on any atom is 0.303 e. The maximum atomic E-state index is 12.5. The van der Waals surface area contributed by atoms with Crippen molar-refractivity contribution in [2.24, 2.45) is 5.92 Å². The van der Waals surface area contributed by atoms with Crippen molar-refractivity contribution >= 4 is 22.1 Å². The number of hydrogen-bond donors (Lipinski definition) is 2. The highest BCUT2D eigenvalue weighted by atomic mass is 32.2. The molecule has 28 heavy (non-hydrogen) atoms. The van der Waals surface area contributed by atoms with Gasteiger partial charge in [-0.2, -0.15) is 0 Å². The van der Waals surface area contributed by atoms with Crippen LogP contribution < -0.4 is 4.72 Å². The first-order valence-corrected chi connectivity index (χ1v) is 11.5. The van der Waals surface area contributed by atoms with Gasteiger partial charge in [-0.05, 0) is 56.6 Å². The lowest BCUT2D eigenvalue weighted by Crippen LogP contribution is -2.41. The number of allylic oxidation sites excluding steroid dienone is 2. The highest BCUT2D eigenvalue weighted by molar-refractivity contribution is 7.92. The second-order valence-electron chi connectivity index (χ2n) is 7.52. The molecule has 0 spiro atoms. The first-order chi connectivity index (χ1) is 13.4. The van der Waals surface area contributed by atoms with E-state index in [0.717, 1.165) is 49.7 Å². The lowest BCUT2D eigenvalue weighted by atomic mass is 9.83. The number of carboxylic acids is 1. The van der Waals surface area contributed by atoms with Crippen LogP contribution in [-0.2, 0) is 14.8 Å². The Labute approximate surface area is 168 Å². The fourth-order valence-corrected chi connectivity index (χ4v) is 4.65. The minimum absolute atomic E-state index is 0.0508. The van der Waals surface area contributed by atoms with Crippen LogP contribution in [0.5, 0.6) is 0 Å². The van der Waals surface area contributed by atoms with Crippen LogP contribution in [0.1, 0.15) is 62.5 Å². The molecule has 2 atom stereocenters. The van der Waals surface area contributed by atoms with E-state index < -0.39 is 16.0 Å². The number of sulfonamides is 1. The molecule has 0 bridgehead atoms. The Balaban J connectivity index is 1.88. The molecule has 6 heteroatoms. The molecule has 0 saturated heterocycles. The molecule has 2 rings (SSSR count). The molecular formula is C22H31NO4S. The van der Waals surface area contributed by atoms with E-state index in [1.165, 1.54) is 5.41 Å². The van der Waals surface area contributed by atoms with Gasteiger partial charge in [0.15, 0.2) is 0 Å². The van der Waals surface area contributed by atoms with E-state index in [1.54, 1.807) is 6.08 Å². The third-order valence-corrected chi connectivity index (χ3v) is 6.23. The third kappa shape index (κ3) is 8.40. The Morgan fingerprint density at radius 1 is 1.18 bits per heavy atom. The maximum absolute atomic E-state index is 12.5. The number of unbranched alkanes of at least 4 members (excludes halogenated alkanes) is 1. The van der Waals surface area contributed by atoms with E-state index in [-0.39, 0.29) is 18.4 Å². The van der Waals surface area contributed by atoms with Crippen molar-refractivity contribution in [1.82, 2.24) is 4.72 Å². The van der Waals surface area contributed by atoms with Gasteiger partial charge in [0.25, 0.3) is 0 Å². The van der Waals surface area contributed by atoms with E-state index in [4.69, 9.17) is 5.11 Å². The van der Waals surface area contributed by atoms with Crippen LogP contribution in [0.15, 0.2) is 41.8 Å². The van der Waals surface area contributed by atoms with Crippen molar-refractivity contribution in [2.45, 2.75) is 64.3 Å².